The topological polar surface area (TPSA) is 29.9 Å². The van der Waals surface area contributed by atoms with Crippen LogP contribution in [0.25, 0.3) is 0 Å². The summed E-state index contributed by atoms with van der Waals surface area (Å²) in [6.45, 7) is 5.66. The van der Waals surface area contributed by atoms with Crippen LogP contribution in [0, 0.1) is 13.8 Å². The Kier molecular flexibility index (Phi) is 3.86. The molecule has 0 bridgehead atoms. The second kappa shape index (κ2) is 5.21. The highest BCUT2D eigenvalue weighted by molar-refractivity contribution is 7.11. The molecule has 0 radical (unpaired) electrons. The van der Waals surface area contributed by atoms with E-state index in [1.165, 1.54) is 9.75 Å². The summed E-state index contributed by atoms with van der Waals surface area (Å²) in [6.07, 6.45) is 0. The van der Waals surface area contributed by atoms with Gasteiger partial charge in [-0.05, 0) is 33.0 Å². The number of hydrogen-bond acceptors (Lipinski definition) is 3. The zero-order valence-corrected chi connectivity index (χ0v) is 11.8. The second-order valence-electron chi connectivity index (χ2n) is 4.04. The lowest BCUT2D eigenvalue weighted by Crippen LogP contribution is -2.03. The highest BCUT2D eigenvalue weighted by Gasteiger charge is 2.10. The molecule has 2 heterocycles. The van der Waals surface area contributed by atoms with Gasteiger partial charge in [-0.2, -0.15) is 5.10 Å². The molecule has 0 aliphatic rings. The molecule has 0 spiro atoms. The number of aryl methyl sites for hydroxylation is 1. The van der Waals surface area contributed by atoms with E-state index in [9.17, 15) is 0 Å². The van der Waals surface area contributed by atoms with E-state index in [0.29, 0.717) is 0 Å². The predicted molar refractivity (Wildman–Crippen MR) is 72.9 cm³/mol. The van der Waals surface area contributed by atoms with Gasteiger partial charge >= 0.3 is 0 Å². The summed E-state index contributed by atoms with van der Waals surface area (Å²) in [7, 11) is 1.96. The molecule has 0 aliphatic heterocycles. The van der Waals surface area contributed by atoms with Crippen molar-refractivity contribution in [2.24, 2.45) is 0 Å². The largest absolute Gasteiger partial charge is 0.315 e. The molecule has 2 aromatic heterocycles. The van der Waals surface area contributed by atoms with Crippen LogP contribution in [0.15, 0.2) is 12.1 Å². The Bertz CT molecular complexity index is 516. The second-order valence-corrected chi connectivity index (χ2v) is 5.67. The van der Waals surface area contributed by atoms with E-state index in [-0.39, 0.29) is 0 Å². The van der Waals surface area contributed by atoms with E-state index < -0.39 is 0 Å². The Morgan fingerprint density at radius 2 is 2.06 bits per heavy atom. The molecule has 2 rings (SSSR count). The van der Waals surface area contributed by atoms with Gasteiger partial charge in [0.2, 0.25) is 0 Å². The van der Waals surface area contributed by atoms with Gasteiger partial charge in [-0.3, -0.25) is 4.68 Å². The summed E-state index contributed by atoms with van der Waals surface area (Å²) in [5.41, 5.74) is 1.93. The van der Waals surface area contributed by atoms with E-state index in [2.05, 4.69) is 22.5 Å². The van der Waals surface area contributed by atoms with Crippen LogP contribution in [-0.2, 0) is 13.1 Å². The average molecular weight is 270 g/mol. The van der Waals surface area contributed by atoms with Crippen LogP contribution in [-0.4, -0.2) is 16.8 Å². The minimum atomic E-state index is 0.775. The minimum absolute atomic E-state index is 0.775. The van der Waals surface area contributed by atoms with Gasteiger partial charge in [0.15, 0.2) is 0 Å². The maximum atomic E-state index is 6.13. The number of nitrogens with zero attached hydrogens (tertiary/aromatic N) is 2. The maximum absolute atomic E-state index is 6.13. The summed E-state index contributed by atoms with van der Waals surface area (Å²) in [4.78, 5) is 2.65. The Labute approximate surface area is 110 Å². The highest BCUT2D eigenvalue weighted by Crippen LogP contribution is 2.22. The summed E-state index contributed by atoms with van der Waals surface area (Å²) in [5.74, 6) is 0. The first-order chi connectivity index (χ1) is 8.11. The Hall–Kier alpha value is -0.840. The van der Waals surface area contributed by atoms with Crippen LogP contribution in [0.5, 0.6) is 0 Å². The monoisotopic (exact) mass is 269 g/mol. The van der Waals surface area contributed by atoms with Crippen LogP contribution in [0.4, 0.5) is 0 Å². The zero-order valence-electron chi connectivity index (χ0n) is 10.2. The lowest BCUT2D eigenvalue weighted by molar-refractivity contribution is 0.666. The molecule has 0 unspecified atom stereocenters. The van der Waals surface area contributed by atoms with Crippen LogP contribution in [0.2, 0.25) is 5.02 Å². The summed E-state index contributed by atoms with van der Waals surface area (Å²) >= 11 is 7.94. The van der Waals surface area contributed by atoms with E-state index in [4.69, 9.17) is 11.6 Å². The summed E-state index contributed by atoms with van der Waals surface area (Å²) in [5, 5.41) is 8.36. The van der Waals surface area contributed by atoms with E-state index >= 15 is 0 Å². The first kappa shape index (κ1) is 12.6. The van der Waals surface area contributed by atoms with Gasteiger partial charge in [-0.1, -0.05) is 11.6 Å². The Balaban J connectivity index is 2.16. The number of thiophene rings is 1. The average Bonchev–Trinajstić information content (AvgIpc) is 2.82. The van der Waals surface area contributed by atoms with Crippen molar-refractivity contribution >= 4 is 22.9 Å². The first-order valence-electron chi connectivity index (χ1n) is 5.53. The van der Waals surface area contributed by atoms with E-state index in [0.717, 1.165) is 29.5 Å². The van der Waals surface area contributed by atoms with Crippen molar-refractivity contribution in [2.45, 2.75) is 26.9 Å². The first-order valence-corrected chi connectivity index (χ1v) is 6.73. The summed E-state index contributed by atoms with van der Waals surface area (Å²) < 4.78 is 1.96. The van der Waals surface area contributed by atoms with E-state index in [1.807, 2.05) is 36.9 Å². The molecule has 92 valence electrons. The lowest BCUT2D eigenvalue weighted by Gasteiger charge is -2.01. The third-order valence-electron chi connectivity index (χ3n) is 2.67. The van der Waals surface area contributed by atoms with Crippen molar-refractivity contribution in [1.82, 2.24) is 15.1 Å². The molecule has 1 N–H and O–H groups in total. The molecular weight excluding hydrogens is 254 g/mol. The fraction of sp³-hybridized carbons (Fsp3) is 0.417. The van der Waals surface area contributed by atoms with Crippen molar-refractivity contribution in [1.29, 1.82) is 0 Å². The van der Waals surface area contributed by atoms with Gasteiger partial charge < -0.3 is 5.32 Å². The smallest absolute Gasteiger partial charge is 0.0844 e. The van der Waals surface area contributed by atoms with Gasteiger partial charge in [0.1, 0.15) is 0 Å². The van der Waals surface area contributed by atoms with Crippen LogP contribution >= 0.6 is 22.9 Å². The number of nitrogens with one attached hydrogen (secondary N) is 1. The normalized spacial score (nSPS) is 11.1. The van der Waals surface area contributed by atoms with Crippen molar-refractivity contribution < 1.29 is 0 Å². The standard InChI is InChI=1S/C12H16ClN3S/c1-8-12(13)9(2)16(15-8)7-11-5-4-10(17-11)6-14-3/h4-5,14H,6-7H2,1-3H3. The molecule has 17 heavy (non-hydrogen) atoms. The van der Waals surface area contributed by atoms with E-state index in [1.54, 1.807) is 0 Å². The third kappa shape index (κ3) is 2.70. The molecular formula is C12H16ClN3S. The molecule has 3 nitrogen and oxygen atoms in total. The maximum Gasteiger partial charge on any atom is 0.0844 e. The zero-order chi connectivity index (χ0) is 12.4. The molecule has 0 aromatic carbocycles. The number of hydrogen-bond donors (Lipinski definition) is 1. The van der Waals surface area contributed by atoms with Gasteiger partial charge in [0.05, 0.1) is 23.0 Å². The van der Waals surface area contributed by atoms with Gasteiger partial charge in [-0.15, -0.1) is 11.3 Å². The number of halogens is 1. The molecule has 0 saturated heterocycles. The number of aromatic nitrogens is 2. The van der Waals surface area contributed by atoms with Gasteiger partial charge in [-0.25, -0.2) is 0 Å². The van der Waals surface area contributed by atoms with Crippen LogP contribution < -0.4 is 5.32 Å². The fourth-order valence-corrected chi connectivity index (χ4v) is 2.90. The van der Waals surface area contributed by atoms with Crippen molar-refractivity contribution in [3.8, 4) is 0 Å². The number of rotatable bonds is 4. The summed E-state index contributed by atoms with van der Waals surface area (Å²) in [6, 6.07) is 4.31. The molecule has 0 saturated carbocycles. The molecule has 5 heteroatoms. The van der Waals surface area contributed by atoms with Crippen LogP contribution in [0.3, 0.4) is 0 Å². The van der Waals surface area contributed by atoms with Crippen molar-refractivity contribution in [2.75, 3.05) is 7.05 Å². The lowest BCUT2D eigenvalue weighted by atomic mass is 10.4. The van der Waals surface area contributed by atoms with Crippen molar-refractivity contribution in [3.05, 3.63) is 38.3 Å². The molecule has 2 aromatic rings. The minimum Gasteiger partial charge on any atom is -0.315 e. The highest BCUT2D eigenvalue weighted by atomic mass is 35.5. The van der Waals surface area contributed by atoms with Crippen LogP contribution in [0.1, 0.15) is 21.1 Å². The molecule has 0 atom stereocenters. The Morgan fingerprint density at radius 3 is 2.65 bits per heavy atom. The van der Waals surface area contributed by atoms with Gasteiger partial charge in [0.25, 0.3) is 0 Å². The molecule has 0 fully saturated rings. The Morgan fingerprint density at radius 1 is 1.35 bits per heavy atom. The third-order valence-corrected chi connectivity index (χ3v) is 4.28. The quantitative estimate of drug-likeness (QED) is 0.925. The molecule has 0 amide bonds. The van der Waals surface area contributed by atoms with Crippen molar-refractivity contribution in [3.63, 3.8) is 0 Å². The molecule has 0 aliphatic carbocycles. The van der Waals surface area contributed by atoms with Gasteiger partial charge in [0, 0.05) is 16.3 Å². The fourth-order valence-electron chi connectivity index (χ4n) is 1.75. The predicted octanol–water partition coefficient (Wildman–Crippen LogP) is 2.98. The SMILES string of the molecule is CNCc1ccc(Cn2nc(C)c(Cl)c2C)s1.